The van der Waals surface area contributed by atoms with Crippen LogP contribution in [0.1, 0.15) is 45.9 Å². The van der Waals surface area contributed by atoms with Gasteiger partial charge in [-0.25, -0.2) is 9.97 Å². The average Bonchev–Trinajstić information content (AvgIpc) is 3.34. The number of nitrogens with zero attached hydrogens (tertiary/aromatic N) is 2. The minimum atomic E-state index is 0.586. The maximum atomic E-state index is 4.70. The second-order valence-corrected chi connectivity index (χ2v) is 8.78. The molecule has 2 aliphatic carbocycles. The predicted octanol–water partition coefficient (Wildman–Crippen LogP) is 4.35. The highest BCUT2D eigenvalue weighted by Crippen LogP contribution is 2.38. The van der Waals surface area contributed by atoms with Gasteiger partial charge in [0.1, 0.15) is 5.82 Å². The number of hydrogen-bond donors (Lipinski definition) is 2. The van der Waals surface area contributed by atoms with Gasteiger partial charge in [-0.2, -0.15) is 0 Å². The number of hydrogen-bond acceptors (Lipinski definition) is 3. The topological polar surface area (TPSA) is 53.6 Å². The van der Waals surface area contributed by atoms with Gasteiger partial charge in [0.25, 0.3) is 0 Å². The Balaban J connectivity index is 1.45. The molecule has 3 atom stereocenters. The van der Waals surface area contributed by atoms with Crippen molar-refractivity contribution >= 4 is 11.2 Å². The van der Waals surface area contributed by atoms with Crippen molar-refractivity contribution < 1.29 is 0 Å². The van der Waals surface area contributed by atoms with Crippen molar-refractivity contribution in [1.82, 2.24) is 20.3 Å². The zero-order valence-corrected chi connectivity index (χ0v) is 16.3. The summed E-state index contributed by atoms with van der Waals surface area (Å²) in [5.41, 5.74) is 3.42. The molecular formula is C22H32N4. The molecule has 2 aromatic rings. The average molecular weight is 353 g/mol. The van der Waals surface area contributed by atoms with Crippen LogP contribution >= 0.6 is 0 Å². The molecule has 1 fully saturated rings. The Bertz CT molecular complexity index is 738. The lowest BCUT2D eigenvalue weighted by molar-refractivity contribution is 0.221. The van der Waals surface area contributed by atoms with E-state index in [-0.39, 0.29) is 0 Å². The lowest BCUT2D eigenvalue weighted by Gasteiger charge is -2.37. The van der Waals surface area contributed by atoms with E-state index in [9.17, 15) is 0 Å². The Hall–Kier alpha value is -1.68. The highest BCUT2D eigenvalue weighted by Gasteiger charge is 2.32. The molecular weight excluding hydrogens is 320 g/mol. The Labute approximate surface area is 156 Å². The first-order chi connectivity index (χ1) is 12.6. The number of pyridine rings is 1. The third-order valence-corrected chi connectivity index (χ3v) is 6.34. The normalized spacial score (nSPS) is 26.5. The summed E-state index contributed by atoms with van der Waals surface area (Å²) >= 11 is 0. The maximum absolute atomic E-state index is 4.70. The zero-order valence-electron chi connectivity index (χ0n) is 16.3. The number of imidazole rings is 1. The summed E-state index contributed by atoms with van der Waals surface area (Å²) < 4.78 is 0. The van der Waals surface area contributed by atoms with Crippen molar-refractivity contribution in [1.29, 1.82) is 0 Å². The predicted molar refractivity (Wildman–Crippen MR) is 107 cm³/mol. The van der Waals surface area contributed by atoms with Gasteiger partial charge in [-0.05, 0) is 74.5 Å². The second-order valence-electron chi connectivity index (χ2n) is 8.78. The van der Waals surface area contributed by atoms with Crippen LogP contribution in [0.5, 0.6) is 0 Å². The third-order valence-electron chi connectivity index (χ3n) is 6.34. The van der Waals surface area contributed by atoms with Crippen LogP contribution in [0, 0.1) is 29.6 Å². The van der Waals surface area contributed by atoms with E-state index in [1.54, 1.807) is 0 Å². The molecule has 0 saturated heterocycles. The van der Waals surface area contributed by atoms with E-state index in [2.05, 4.69) is 48.2 Å². The first kappa shape index (κ1) is 17.7. The van der Waals surface area contributed by atoms with E-state index in [4.69, 9.17) is 4.98 Å². The fourth-order valence-corrected chi connectivity index (χ4v) is 4.51. The molecule has 0 radical (unpaired) electrons. The van der Waals surface area contributed by atoms with E-state index in [0.29, 0.717) is 17.8 Å². The Morgan fingerprint density at radius 1 is 1.27 bits per heavy atom. The van der Waals surface area contributed by atoms with Gasteiger partial charge in [0, 0.05) is 19.2 Å². The number of rotatable bonds is 7. The first-order valence-corrected chi connectivity index (χ1v) is 10.3. The standard InChI is InChI=1S/C22H32N4/c1-14(2)19-10-17(11-21-25-20-5-4-8-24-22(20)26-21)15(3)9-18(19)13-23-12-16-6-7-16/h4-5,8-9,14,16-19,23H,6-7,10-13H2,1-3H3,(H,24,25,26)/t17-,18-,19-/m0/s1. The molecule has 0 bridgehead atoms. The number of allylic oxidation sites excluding steroid dienone is 1. The van der Waals surface area contributed by atoms with Crippen LogP contribution in [0.4, 0.5) is 0 Å². The van der Waals surface area contributed by atoms with Gasteiger partial charge in [0.2, 0.25) is 0 Å². The largest absolute Gasteiger partial charge is 0.341 e. The summed E-state index contributed by atoms with van der Waals surface area (Å²) in [6.45, 7) is 9.43. The van der Waals surface area contributed by atoms with Crippen molar-refractivity contribution in [3.63, 3.8) is 0 Å². The van der Waals surface area contributed by atoms with Gasteiger partial charge in [-0.3, -0.25) is 0 Å². The molecule has 0 spiro atoms. The zero-order chi connectivity index (χ0) is 18.1. The molecule has 4 nitrogen and oxygen atoms in total. The summed E-state index contributed by atoms with van der Waals surface area (Å²) in [7, 11) is 0. The molecule has 4 rings (SSSR count). The van der Waals surface area contributed by atoms with Crippen LogP contribution in [-0.2, 0) is 6.42 Å². The monoisotopic (exact) mass is 352 g/mol. The van der Waals surface area contributed by atoms with Crippen molar-refractivity contribution in [3.8, 4) is 0 Å². The number of H-pyrrole nitrogens is 1. The summed E-state index contributed by atoms with van der Waals surface area (Å²) in [6, 6.07) is 4.02. The molecule has 1 saturated carbocycles. The Morgan fingerprint density at radius 3 is 2.85 bits per heavy atom. The van der Waals surface area contributed by atoms with Crippen molar-refractivity contribution in [3.05, 3.63) is 35.8 Å². The quantitative estimate of drug-likeness (QED) is 0.728. The number of fused-ring (bicyclic) bond motifs is 1. The van der Waals surface area contributed by atoms with Gasteiger partial charge in [-0.1, -0.05) is 25.5 Å². The van der Waals surface area contributed by atoms with Gasteiger partial charge >= 0.3 is 0 Å². The van der Waals surface area contributed by atoms with Crippen LogP contribution in [0.3, 0.4) is 0 Å². The smallest absolute Gasteiger partial charge is 0.177 e. The fourth-order valence-electron chi connectivity index (χ4n) is 4.51. The minimum absolute atomic E-state index is 0.586. The summed E-state index contributed by atoms with van der Waals surface area (Å²) in [5, 5.41) is 3.73. The molecule has 2 heterocycles. The highest BCUT2D eigenvalue weighted by atomic mass is 15.0. The van der Waals surface area contributed by atoms with Crippen molar-refractivity contribution in [2.24, 2.45) is 29.6 Å². The highest BCUT2D eigenvalue weighted by molar-refractivity contribution is 5.69. The van der Waals surface area contributed by atoms with Crippen molar-refractivity contribution in [2.75, 3.05) is 13.1 Å². The van der Waals surface area contributed by atoms with Gasteiger partial charge in [0.15, 0.2) is 5.65 Å². The van der Waals surface area contributed by atoms with Gasteiger partial charge < -0.3 is 10.3 Å². The Morgan fingerprint density at radius 2 is 2.12 bits per heavy atom. The number of nitrogens with one attached hydrogen (secondary N) is 2. The molecule has 0 unspecified atom stereocenters. The molecule has 0 amide bonds. The van der Waals surface area contributed by atoms with E-state index in [0.717, 1.165) is 41.8 Å². The van der Waals surface area contributed by atoms with Gasteiger partial charge in [0.05, 0.1) is 5.52 Å². The maximum Gasteiger partial charge on any atom is 0.177 e. The van der Waals surface area contributed by atoms with E-state index in [1.165, 1.54) is 31.4 Å². The molecule has 2 N–H and O–H groups in total. The molecule has 140 valence electrons. The summed E-state index contributed by atoms with van der Waals surface area (Å²) in [5.74, 6) is 4.75. The van der Waals surface area contributed by atoms with Crippen molar-refractivity contribution in [2.45, 2.75) is 46.5 Å². The van der Waals surface area contributed by atoms with Gasteiger partial charge in [-0.15, -0.1) is 0 Å². The fraction of sp³-hybridized carbons (Fsp3) is 0.636. The Kier molecular flexibility index (Phi) is 5.12. The van der Waals surface area contributed by atoms with E-state index in [1.807, 2.05) is 12.3 Å². The lowest BCUT2D eigenvalue weighted by atomic mass is 9.70. The molecule has 2 aromatic heterocycles. The van der Waals surface area contributed by atoms with Crippen LogP contribution in [0.15, 0.2) is 30.0 Å². The van der Waals surface area contributed by atoms with Crippen LogP contribution in [0.25, 0.3) is 11.2 Å². The second kappa shape index (κ2) is 7.51. The summed E-state index contributed by atoms with van der Waals surface area (Å²) in [6.07, 6.45) is 9.47. The third kappa shape index (κ3) is 4.01. The molecule has 26 heavy (non-hydrogen) atoms. The summed E-state index contributed by atoms with van der Waals surface area (Å²) in [4.78, 5) is 12.5. The molecule has 0 aliphatic heterocycles. The molecule has 2 aliphatic rings. The lowest BCUT2D eigenvalue weighted by Crippen LogP contribution is -2.35. The first-order valence-electron chi connectivity index (χ1n) is 10.3. The van der Waals surface area contributed by atoms with Crippen LogP contribution in [-0.4, -0.2) is 28.0 Å². The van der Waals surface area contributed by atoms with E-state index < -0.39 is 0 Å². The van der Waals surface area contributed by atoms with Crippen LogP contribution < -0.4 is 5.32 Å². The minimum Gasteiger partial charge on any atom is -0.341 e. The number of aromatic amines is 1. The number of aromatic nitrogens is 3. The SMILES string of the molecule is CC1=C[C@@H](CNCC2CC2)[C@H](C(C)C)C[C@H]1Cc1nc2ncccc2[nH]1. The van der Waals surface area contributed by atoms with E-state index >= 15 is 0 Å². The van der Waals surface area contributed by atoms with Crippen LogP contribution in [0.2, 0.25) is 0 Å². The molecule has 4 heteroatoms. The molecule has 0 aromatic carbocycles.